The van der Waals surface area contributed by atoms with Crippen LogP contribution in [-0.2, 0) is 21.3 Å². The van der Waals surface area contributed by atoms with E-state index < -0.39 is 15.8 Å². The summed E-state index contributed by atoms with van der Waals surface area (Å²) in [6.07, 6.45) is 1.63. The Morgan fingerprint density at radius 3 is 2.50 bits per heavy atom. The van der Waals surface area contributed by atoms with Gasteiger partial charge in [0.1, 0.15) is 11.6 Å². The summed E-state index contributed by atoms with van der Waals surface area (Å²) in [6.45, 7) is 1.16. The standard InChI is InChI=1S/C28H32FN3O5S/c1-31(2)27-14-9-23(30-38(34,35)26-12-10-24(36-3)11-13-26)17-21(27)18-32(19-25-8-5-15-37-25)28(33)20-6-4-7-22(29)16-20/h4,6-7,9-14,16-17,25,30H,5,8,15,18-19H2,1-3H3. The van der Waals surface area contributed by atoms with Gasteiger partial charge in [-0.05, 0) is 79.1 Å². The van der Waals surface area contributed by atoms with Gasteiger partial charge in [0.15, 0.2) is 0 Å². The van der Waals surface area contributed by atoms with Crippen molar-refractivity contribution < 1.29 is 27.1 Å². The van der Waals surface area contributed by atoms with E-state index in [1.54, 1.807) is 41.3 Å². The van der Waals surface area contributed by atoms with Crippen LogP contribution in [0.1, 0.15) is 28.8 Å². The first kappa shape index (κ1) is 27.4. The van der Waals surface area contributed by atoms with Crippen molar-refractivity contribution in [1.29, 1.82) is 0 Å². The molecule has 8 nitrogen and oxygen atoms in total. The summed E-state index contributed by atoms with van der Waals surface area (Å²) in [5, 5.41) is 0. The van der Waals surface area contributed by atoms with Gasteiger partial charge in [-0.3, -0.25) is 9.52 Å². The molecule has 1 heterocycles. The van der Waals surface area contributed by atoms with Crippen molar-refractivity contribution in [3.8, 4) is 5.75 Å². The number of sulfonamides is 1. The molecule has 38 heavy (non-hydrogen) atoms. The molecule has 1 amide bonds. The summed E-state index contributed by atoms with van der Waals surface area (Å²) in [6, 6.07) is 16.9. The number of ether oxygens (including phenoxy) is 2. The molecule has 3 aromatic rings. The molecule has 4 rings (SSSR count). The SMILES string of the molecule is COc1ccc(S(=O)(=O)Nc2ccc(N(C)C)c(CN(CC3CCCO3)C(=O)c3cccc(F)c3)c2)cc1. The Kier molecular flexibility index (Phi) is 8.53. The summed E-state index contributed by atoms with van der Waals surface area (Å²) >= 11 is 0. The van der Waals surface area contributed by atoms with E-state index in [0.29, 0.717) is 24.6 Å². The molecule has 1 fully saturated rings. The molecular formula is C28H32FN3O5S. The molecular weight excluding hydrogens is 509 g/mol. The summed E-state index contributed by atoms with van der Waals surface area (Å²) in [4.78, 5) is 17.1. The van der Waals surface area contributed by atoms with Crippen LogP contribution in [0.2, 0.25) is 0 Å². The molecule has 0 aliphatic carbocycles. The van der Waals surface area contributed by atoms with Crippen LogP contribution in [0.5, 0.6) is 5.75 Å². The fraction of sp³-hybridized carbons (Fsp3) is 0.321. The third-order valence-electron chi connectivity index (χ3n) is 6.35. The number of nitrogens with one attached hydrogen (secondary N) is 1. The highest BCUT2D eigenvalue weighted by atomic mass is 32.2. The van der Waals surface area contributed by atoms with Gasteiger partial charge in [-0.15, -0.1) is 0 Å². The minimum atomic E-state index is -3.86. The fourth-order valence-electron chi connectivity index (χ4n) is 4.44. The number of halogens is 1. The normalized spacial score (nSPS) is 15.2. The van der Waals surface area contributed by atoms with E-state index in [0.717, 1.165) is 24.1 Å². The smallest absolute Gasteiger partial charge is 0.261 e. The lowest BCUT2D eigenvalue weighted by Crippen LogP contribution is -2.37. The summed E-state index contributed by atoms with van der Waals surface area (Å²) < 4.78 is 53.5. The maximum atomic E-state index is 13.9. The Morgan fingerprint density at radius 2 is 1.87 bits per heavy atom. The molecule has 1 aliphatic heterocycles. The summed E-state index contributed by atoms with van der Waals surface area (Å²) in [5.41, 5.74) is 2.15. The van der Waals surface area contributed by atoms with E-state index in [1.807, 2.05) is 19.0 Å². The van der Waals surface area contributed by atoms with Crippen LogP contribution in [0.3, 0.4) is 0 Å². The number of methoxy groups -OCH3 is 1. The van der Waals surface area contributed by atoms with Gasteiger partial charge < -0.3 is 19.3 Å². The second kappa shape index (κ2) is 11.8. The maximum absolute atomic E-state index is 13.9. The number of benzene rings is 3. The lowest BCUT2D eigenvalue weighted by molar-refractivity contribution is 0.0507. The van der Waals surface area contributed by atoms with E-state index >= 15 is 0 Å². The first-order valence-electron chi connectivity index (χ1n) is 12.3. The van der Waals surface area contributed by atoms with Crippen LogP contribution >= 0.6 is 0 Å². The minimum absolute atomic E-state index is 0.0952. The predicted molar refractivity (Wildman–Crippen MR) is 145 cm³/mol. The molecule has 10 heteroatoms. The van der Waals surface area contributed by atoms with Crippen molar-refractivity contribution in [1.82, 2.24) is 4.90 Å². The van der Waals surface area contributed by atoms with Crippen molar-refractivity contribution in [2.75, 3.05) is 44.0 Å². The lowest BCUT2D eigenvalue weighted by Gasteiger charge is -2.28. The molecule has 0 saturated carbocycles. The molecule has 1 saturated heterocycles. The molecule has 1 N–H and O–H groups in total. The van der Waals surface area contributed by atoms with Crippen molar-refractivity contribution >= 4 is 27.3 Å². The molecule has 1 unspecified atom stereocenters. The Hall–Kier alpha value is -3.63. The molecule has 0 aromatic heterocycles. The zero-order valence-corrected chi connectivity index (χ0v) is 22.5. The number of anilines is 2. The average molecular weight is 542 g/mol. The van der Waals surface area contributed by atoms with Crippen LogP contribution in [0, 0.1) is 5.82 Å². The average Bonchev–Trinajstić information content (AvgIpc) is 3.41. The monoisotopic (exact) mass is 541 g/mol. The lowest BCUT2D eigenvalue weighted by atomic mass is 10.1. The molecule has 0 radical (unpaired) electrons. The van der Waals surface area contributed by atoms with Crippen LogP contribution in [0.25, 0.3) is 0 Å². The number of carbonyl (C=O) groups is 1. The topological polar surface area (TPSA) is 88.2 Å². The molecule has 202 valence electrons. The first-order chi connectivity index (χ1) is 18.2. The molecule has 0 bridgehead atoms. The van der Waals surface area contributed by atoms with E-state index in [9.17, 15) is 17.6 Å². The fourth-order valence-corrected chi connectivity index (χ4v) is 5.49. The number of hydrogen-bond donors (Lipinski definition) is 1. The summed E-state index contributed by atoms with van der Waals surface area (Å²) in [5.74, 6) is -0.262. The van der Waals surface area contributed by atoms with Gasteiger partial charge in [0.2, 0.25) is 0 Å². The molecule has 1 aliphatic rings. The second-order valence-electron chi connectivity index (χ2n) is 9.35. The first-order valence-corrected chi connectivity index (χ1v) is 13.8. The van der Waals surface area contributed by atoms with Crippen LogP contribution in [-0.4, -0.2) is 59.7 Å². The van der Waals surface area contributed by atoms with Gasteiger partial charge in [-0.25, -0.2) is 12.8 Å². The van der Waals surface area contributed by atoms with Crippen molar-refractivity contribution in [2.24, 2.45) is 0 Å². The van der Waals surface area contributed by atoms with Gasteiger partial charge >= 0.3 is 0 Å². The highest BCUT2D eigenvalue weighted by molar-refractivity contribution is 7.92. The Labute approximate surface area is 223 Å². The Bertz CT molecular complexity index is 1370. The maximum Gasteiger partial charge on any atom is 0.261 e. The number of amides is 1. The Morgan fingerprint density at radius 1 is 1.11 bits per heavy atom. The van der Waals surface area contributed by atoms with Crippen molar-refractivity contribution in [2.45, 2.75) is 30.4 Å². The van der Waals surface area contributed by atoms with E-state index in [2.05, 4.69) is 4.72 Å². The van der Waals surface area contributed by atoms with Gasteiger partial charge in [0, 0.05) is 50.7 Å². The van der Waals surface area contributed by atoms with Crippen molar-refractivity contribution in [3.63, 3.8) is 0 Å². The van der Waals surface area contributed by atoms with Gasteiger partial charge in [0.25, 0.3) is 15.9 Å². The highest BCUT2D eigenvalue weighted by Gasteiger charge is 2.25. The number of nitrogens with zero attached hydrogens (tertiary/aromatic N) is 2. The molecule has 3 aromatic carbocycles. The quantitative estimate of drug-likeness (QED) is 0.406. The zero-order valence-electron chi connectivity index (χ0n) is 21.7. The van der Waals surface area contributed by atoms with Gasteiger partial charge in [-0.1, -0.05) is 6.07 Å². The second-order valence-corrected chi connectivity index (χ2v) is 11.0. The molecule has 0 spiro atoms. The third kappa shape index (κ3) is 6.62. The highest BCUT2D eigenvalue weighted by Crippen LogP contribution is 2.28. The minimum Gasteiger partial charge on any atom is -0.497 e. The van der Waals surface area contributed by atoms with Crippen LogP contribution in [0.15, 0.2) is 71.6 Å². The summed E-state index contributed by atoms with van der Waals surface area (Å²) in [7, 11) is 1.40. The van der Waals surface area contributed by atoms with E-state index in [4.69, 9.17) is 9.47 Å². The zero-order chi connectivity index (χ0) is 27.3. The van der Waals surface area contributed by atoms with Crippen LogP contribution in [0.4, 0.5) is 15.8 Å². The largest absolute Gasteiger partial charge is 0.497 e. The third-order valence-corrected chi connectivity index (χ3v) is 7.75. The molecule has 1 atom stereocenters. The predicted octanol–water partition coefficient (Wildman–Crippen LogP) is 4.52. The van der Waals surface area contributed by atoms with Crippen molar-refractivity contribution in [3.05, 3.63) is 83.7 Å². The number of rotatable bonds is 10. The Balaban J connectivity index is 1.64. The van der Waals surface area contributed by atoms with E-state index in [-0.39, 0.29) is 29.0 Å². The number of hydrogen-bond acceptors (Lipinski definition) is 6. The number of carbonyl (C=O) groups excluding carboxylic acids is 1. The van der Waals surface area contributed by atoms with Gasteiger partial charge in [0.05, 0.1) is 18.1 Å². The van der Waals surface area contributed by atoms with Gasteiger partial charge in [-0.2, -0.15) is 0 Å². The van der Waals surface area contributed by atoms with E-state index in [1.165, 1.54) is 37.4 Å². The van der Waals surface area contributed by atoms with Crippen LogP contribution < -0.4 is 14.4 Å².